The minimum atomic E-state index is -3.72. The van der Waals surface area contributed by atoms with Crippen LogP contribution < -0.4 is 51.4 Å². The van der Waals surface area contributed by atoms with E-state index in [0.29, 0.717) is 0 Å². The molecule has 34 valence electrons. The first kappa shape index (κ1) is 11.0. The third-order valence-electron chi connectivity index (χ3n) is 0. The zero-order valence-electron chi connectivity index (χ0n) is 3.98. The van der Waals surface area contributed by atoms with Crippen molar-refractivity contribution < 1.29 is 61.2 Å². The fourth-order valence-corrected chi connectivity index (χ4v) is 0. The Labute approximate surface area is 89.0 Å². The normalized spacial score (nSPS) is 9.67. The fourth-order valence-electron chi connectivity index (χ4n) is 0. The van der Waals surface area contributed by atoms with E-state index < -0.39 is 8.26 Å². The molecule has 0 amide bonds. The maximum atomic E-state index is 9.16. The monoisotopic (exact) mass is 174 g/mol. The summed E-state index contributed by atoms with van der Waals surface area (Å²) < 4.78 is 18.3. The van der Waals surface area contributed by atoms with E-state index in [1.165, 1.54) is 0 Å². The molecule has 0 unspecified atom stereocenters. The summed E-state index contributed by atoms with van der Waals surface area (Å²) in [6.45, 7) is 0. The van der Waals surface area contributed by atoms with Crippen LogP contribution in [0.4, 0.5) is 0 Å². The third-order valence-corrected chi connectivity index (χ3v) is 0. The van der Waals surface area contributed by atoms with Crippen LogP contribution >= 0.6 is 21.4 Å². The average molecular weight is 175 g/mol. The van der Waals surface area contributed by atoms with Crippen LogP contribution in [0.3, 0.4) is 0 Å². The van der Waals surface area contributed by atoms with Crippen molar-refractivity contribution in [3.8, 4) is 0 Å². The first-order valence-corrected chi connectivity index (χ1v) is 3.78. The molecule has 0 saturated carbocycles. The maximum Gasteiger partial charge on any atom is 1.00 e. The SMILES string of the molecule is O=S(=O)(Cl)Cl.[H-].[K+]. The van der Waals surface area contributed by atoms with E-state index in [9.17, 15) is 0 Å². The van der Waals surface area contributed by atoms with Crippen LogP contribution in [0.25, 0.3) is 0 Å². The van der Waals surface area contributed by atoms with Gasteiger partial charge in [0.2, 0.25) is 0 Å². The summed E-state index contributed by atoms with van der Waals surface area (Å²) in [5.41, 5.74) is 0. The predicted molar refractivity (Wildman–Crippen MR) is 21.7 cm³/mol. The largest absolute Gasteiger partial charge is 1.00 e. The van der Waals surface area contributed by atoms with Gasteiger partial charge in [-0.2, -0.15) is 8.42 Å². The van der Waals surface area contributed by atoms with Crippen LogP contribution in [0, 0.1) is 0 Å². The Hall–Kier alpha value is 2.17. The van der Waals surface area contributed by atoms with Gasteiger partial charge in [-0.3, -0.25) is 0 Å². The summed E-state index contributed by atoms with van der Waals surface area (Å²) >= 11 is 0. The molecule has 0 radical (unpaired) electrons. The second-order valence-corrected chi connectivity index (χ2v) is 4.05. The first-order valence-electron chi connectivity index (χ1n) is 0.642. The van der Waals surface area contributed by atoms with E-state index in [0.717, 1.165) is 0 Å². The molecule has 0 spiro atoms. The topological polar surface area (TPSA) is 34.1 Å². The van der Waals surface area contributed by atoms with Crippen LogP contribution in [0.2, 0.25) is 0 Å². The number of halogens is 2. The summed E-state index contributed by atoms with van der Waals surface area (Å²) in [5, 5.41) is 0. The molecule has 0 heterocycles. The Morgan fingerprint density at radius 2 is 1.33 bits per heavy atom. The minimum absolute atomic E-state index is 0. The Morgan fingerprint density at radius 3 is 1.33 bits per heavy atom. The number of rotatable bonds is 0. The zero-order chi connectivity index (χ0) is 4.50. The van der Waals surface area contributed by atoms with Gasteiger partial charge in [-0.1, -0.05) is 0 Å². The molecule has 0 aromatic carbocycles. The molecule has 0 N–H and O–H groups in total. The summed E-state index contributed by atoms with van der Waals surface area (Å²) in [5.74, 6) is 0. The van der Waals surface area contributed by atoms with Crippen LogP contribution in [0.5, 0.6) is 0 Å². The van der Waals surface area contributed by atoms with E-state index in [2.05, 4.69) is 21.4 Å². The third kappa shape index (κ3) is 35.1. The second kappa shape index (κ2) is 4.09. The molecule has 0 aromatic heterocycles. The summed E-state index contributed by atoms with van der Waals surface area (Å²) in [6.07, 6.45) is 0. The molecule has 0 aliphatic carbocycles. The molecule has 0 rings (SSSR count). The van der Waals surface area contributed by atoms with Crippen molar-refractivity contribution in [3.63, 3.8) is 0 Å². The van der Waals surface area contributed by atoms with Gasteiger partial charge in [-0.05, 0) is 0 Å². The fraction of sp³-hybridized carbons (Fsp3) is 0. The smallest absolute Gasteiger partial charge is 1.00 e. The van der Waals surface area contributed by atoms with E-state index >= 15 is 0 Å². The van der Waals surface area contributed by atoms with E-state index in [1.54, 1.807) is 0 Å². The van der Waals surface area contributed by atoms with Gasteiger partial charge < -0.3 is 1.43 Å². The van der Waals surface area contributed by atoms with Crippen molar-refractivity contribution in [2.75, 3.05) is 0 Å². The molecule has 0 saturated heterocycles. The van der Waals surface area contributed by atoms with E-state index in [-0.39, 0.29) is 52.8 Å². The summed E-state index contributed by atoms with van der Waals surface area (Å²) in [4.78, 5) is 0. The first-order chi connectivity index (χ1) is 2.00. The molecule has 0 fully saturated rings. The molecule has 0 bridgehead atoms. The Bertz CT molecular complexity index is 98.9. The van der Waals surface area contributed by atoms with Crippen LogP contribution in [0.1, 0.15) is 1.43 Å². The second-order valence-electron chi connectivity index (χ2n) is 0.378. The number of hydrogen-bond acceptors (Lipinski definition) is 2. The van der Waals surface area contributed by atoms with Crippen LogP contribution in [-0.4, -0.2) is 8.42 Å². The van der Waals surface area contributed by atoms with Gasteiger partial charge in [0.1, 0.15) is 0 Å². The molecule has 6 heavy (non-hydrogen) atoms. The van der Waals surface area contributed by atoms with Gasteiger partial charge in [-0.25, -0.2) is 0 Å². The molecular formula is HCl2KO2S. The van der Waals surface area contributed by atoms with Crippen molar-refractivity contribution in [2.45, 2.75) is 0 Å². The van der Waals surface area contributed by atoms with Crippen molar-refractivity contribution >= 4 is 29.6 Å². The molecule has 6 heteroatoms. The predicted octanol–water partition coefficient (Wildman–Crippen LogP) is -2.17. The van der Waals surface area contributed by atoms with Gasteiger partial charge in [-0.15, -0.1) is 0 Å². The molecule has 0 atom stereocenters. The van der Waals surface area contributed by atoms with Crippen molar-refractivity contribution in [1.29, 1.82) is 0 Å². The van der Waals surface area contributed by atoms with Crippen LogP contribution in [-0.2, 0) is 8.26 Å². The van der Waals surface area contributed by atoms with Gasteiger partial charge in [0.05, 0.1) is 0 Å². The van der Waals surface area contributed by atoms with Crippen molar-refractivity contribution in [3.05, 3.63) is 0 Å². The molecule has 0 aliphatic heterocycles. The maximum absolute atomic E-state index is 9.16. The molecule has 0 aromatic rings. The average Bonchev–Trinajstić information content (AvgIpc) is 0.722. The van der Waals surface area contributed by atoms with Gasteiger partial charge in [0.25, 0.3) is 0 Å². The van der Waals surface area contributed by atoms with Gasteiger partial charge in [0.15, 0.2) is 0 Å². The van der Waals surface area contributed by atoms with Gasteiger partial charge >= 0.3 is 59.6 Å². The minimum Gasteiger partial charge on any atom is -1.00 e. The van der Waals surface area contributed by atoms with Gasteiger partial charge in [0, 0.05) is 21.4 Å². The van der Waals surface area contributed by atoms with E-state index in [4.69, 9.17) is 8.42 Å². The standard InChI is InChI=1S/Cl2O2S.K.H/c1-5(2,3)4;;/q;+1;-1. The Kier molecular flexibility index (Phi) is 7.51. The van der Waals surface area contributed by atoms with Crippen LogP contribution in [0.15, 0.2) is 0 Å². The molecule has 0 aliphatic rings. The molecule has 2 nitrogen and oxygen atoms in total. The summed E-state index contributed by atoms with van der Waals surface area (Å²) in [7, 11) is 4.81. The molecular weight excluding hydrogens is 174 g/mol. The number of hydrogen-bond donors (Lipinski definition) is 0. The quantitative estimate of drug-likeness (QED) is 0.310. The zero-order valence-corrected chi connectivity index (χ0v) is 8.43. The van der Waals surface area contributed by atoms with Crippen molar-refractivity contribution in [1.82, 2.24) is 0 Å². The summed E-state index contributed by atoms with van der Waals surface area (Å²) in [6, 6.07) is 0. The Morgan fingerprint density at radius 1 is 1.33 bits per heavy atom. The Balaban J connectivity index is -0.0000000800. The van der Waals surface area contributed by atoms with Crippen molar-refractivity contribution in [2.24, 2.45) is 0 Å². The van der Waals surface area contributed by atoms with E-state index in [1.807, 2.05) is 0 Å².